The number of amides is 2. The fourth-order valence-corrected chi connectivity index (χ4v) is 4.20. The number of likely N-dealkylation sites (tertiary alicyclic amines) is 2. The van der Waals surface area contributed by atoms with Crippen LogP contribution >= 0.6 is 0 Å². The molecule has 2 aromatic rings. The number of carbonyl (C=O) groups excluding carboxylic acids is 2. The molecule has 2 N–H and O–H groups in total. The zero-order valence-corrected chi connectivity index (χ0v) is 17.6. The van der Waals surface area contributed by atoms with Gasteiger partial charge in [0.05, 0.1) is 13.0 Å². The largest absolute Gasteiger partial charge is 0.399 e. The first kappa shape index (κ1) is 21.8. The van der Waals surface area contributed by atoms with E-state index in [1.54, 1.807) is 7.11 Å². The van der Waals surface area contributed by atoms with Crippen molar-refractivity contribution in [2.45, 2.75) is 25.9 Å². The Labute approximate surface area is 178 Å². The fourth-order valence-electron chi connectivity index (χ4n) is 4.20. The van der Waals surface area contributed by atoms with Crippen LogP contribution in [-0.2, 0) is 27.4 Å². The minimum atomic E-state index is 0.137. The van der Waals surface area contributed by atoms with Crippen LogP contribution in [0, 0.1) is 5.41 Å². The summed E-state index contributed by atoms with van der Waals surface area (Å²) < 4.78 is 4.93. The predicted molar refractivity (Wildman–Crippen MR) is 118 cm³/mol. The smallest absolute Gasteiger partial charge is 0.227 e. The van der Waals surface area contributed by atoms with Gasteiger partial charge in [0.2, 0.25) is 12.3 Å². The minimum absolute atomic E-state index is 0.137. The first-order valence-electron chi connectivity index (χ1n) is 10.4. The summed E-state index contributed by atoms with van der Waals surface area (Å²) in [4.78, 5) is 27.0. The van der Waals surface area contributed by atoms with Crippen molar-refractivity contribution in [1.82, 2.24) is 9.80 Å². The maximum absolute atomic E-state index is 12.4. The van der Waals surface area contributed by atoms with Gasteiger partial charge in [-0.2, -0.15) is 0 Å². The number of carbonyl (C=O) groups is 2. The summed E-state index contributed by atoms with van der Waals surface area (Å²) in [6.07, 6.45) is 3.36. The summed E-state index contributed by atoms with van der Waals surface area (Å²) in [5.41, 5.74) is 8.73. The maximum atomic E-state index is 12.4. The number of methoxy groups -OCH3 is 1. The van der Waals surface area contributed by atoms with Gasteiger partial charge in [-0.25, -0.2) is 0 Å². The molecule has 2 aromatic carbocycles. The van der Waals surface area contributed by atoms with Gasteiger partial charge in [0.15, 0.2) is 0 Å². The molecule has 2 aliphatic rings. The van der Waals surface area contributed by atoms with Crippen LogP contribution in [0.5, 0.6) is 0 Å². The summed E-state index contributed by atoms with van der Waals surface area (Å²) in [6, 6.07) is 17.6. The van der Waals surface area contributed by atoms with Gasteiger partial charge >= 0.3 is 0 Å². The van der Waals surface area contributed by atoms with Crippen molar-refractivity contribution >= 4 is 18.0 Å². The van der Waals surface area contributed by atoms with Crippen LogP contribution in [-0.4, -0.2) is 55.4 Å². The molecule has 1 unspecified atom stereocenters. The lowest BCUT2D eigenvalue weighted by Crippen LogP contribution is -2.34. The van der Waals surface area contributed by atoms with Gasteiger partial charge in [-0.05, 0) is 36.1 Å². The standard InChI is InChI=1S/C16H21N3O2.C8H10O/c17-14-3-1-13(2-4-14)9-15(21)19-8-6-16(11-19)5-7-18(10-16)12-20;1-9-7-8-5-3-2-4-6-8/h1-4,12H,5-11,17H2;2-6H,7H2,1H3. The van der Waals surface area contributed by atoms with Crippen molar-refractivity contribution < 1.29 is 14.3 Å². The number of hydrogen-bond acceptors (Lipinski definition) is 4. The Hall–Kier alpha value is -2.86. The van der Waals surface area contributed by atoms with E-state index in [0.29, 0.717) is 18.7 Å². The lowest BCUT2D eigenvalue weighted by Gasteiger charge is -2.23. The van der Waals surface area contributed by atoms with Crippen LogP contribution in [0.3, 0.4) is 0 Å². The lowest BCUT2D eigenvalue weighted by molar-refractivity contribution is -0.129. The van der Waals surface area contributed by atoms with Crippen LogP contribution in [0.2, 0.25) is 0 Å². The fraction of sp³-hybridized carbons (Fsp3) is 0.417. The second-order valence-electron chi connectivity index (χ2n) is 8.23. The second kappa shape index (κ2) is 10.3. The van der Waals surface area contributed by atoms with E-state index in [-0.39, 0.29) is 11.3 Å². The van der Waals surface area contributed by atoms with E-state index in [4.69, 9.17) is 10.5 Å². The Morgan fingerprint density at radius 2 is 1.73 bits per heavy atom. The summed E-state index contributed by atoms with van der Waals surface area (Å²) in [5, 5.41) is 0. The highest BCUT2D eigenvalue weighted by Gasteiger charge is 2.44. The van der Waals surface area contributed by atoms with Crippen LogP contribution < -0.4 is 5.73 Å². The van der Waals surface area contributed by atoms with Gasteiger partial charge in [0, 0.05) is 44.4 Å². The monoisotopic (exact) mass is 409 g/mol. The van der Waals surface area contributed by atoms with Crippen LogP contribution in [0.1, 0.15) is 24.0 Å². The van der Waals surface area contributed by atoms with Crippen LogP contribution in [0.25, 0.3) is 0 Å². The molecule has 6 heteroatoms. The average molecular weight is 410 g/mol. The molecule has 0 bridgehead atoms. The molecule has 6 nitrogen and oxygen atoms in total. The summed E-state index contributed by atoms with van der Waals surface area (Å²) in [6.45, 7) is 3.91. The number of hydrogen-bond donors (Lipinski definition) is 1. The normalized spacial score (nSPS) is 20.2. The summed E-state index contributed by atoms with van der Waals surface area (Å²) in [5.74, 6) is 0.168. The van der Waals surface area contributed by atoms with Gasteiger partial charge < -0.3 is 20.3 Å². The summed E-state index contributed by atoms with van der Waals surface area (Å²) >= 11 is 0. The number of nitrogen functional groups attached to an aromatic ring is 1. The third kappa shape index (κ3) is 5.83. The first-order valence-corrected chi connectivity index (χ1v) is 10.4. The highest BCUT2D eigenvalue weighted by Crippen LogP contribution is 2.39. The third-order valence-corrected chi connectivity index (χ3v) is 5.90. The van der Waals surface area contributed by atoms with Gasteiger partial charge in [0.1, 0.15) is 0 Å². The molecule has 4 rings (SSSR count). The Kier molecular flexibility index (Phi) is 7.46. The van der Waals surface area contributed by atoms with E-state index in [0.717, 1.165) is 51.0 Å². The predicted octanol–water partition coefficient (Wildman–Crippen LogP) is 2.73. The minimum Gasteiger partial charge on any atom is -0.399 e. The number of nitrogens with two attached hydrogens (primary N) is 1. The molecule has 160 valence electrons. The Morgan fingerprint density at radius 3 is 2.37 bits per heavy atom. The molecule has 1 atom stereocenters. The molecular weight excluding hydrogens is 378 g/mol. The zero-order valence-electron chi connectivity index (χ0n) is 17.6. The highest BCUT2D eigenvalue weighted by atomic mass is 16.5. The number of rotatable bonds is 5. The topological polar surface area (TPSA) is 75.9 Å². The molecule has 0 saturated carbocycles. The number of ether oxygens (including phenoxy) is 1. The SMILES string of the molecule is COCc1ccccc1.Nc1ccc(CC(=O)N2CCC3(CCN(C=O)C3)C2)cc1. The highest BCUT2D eigenvalue weighted by molar-refractivity contribution is 5.79. The molecule has 0 radical (unpaired) electrons. The van der Waals surface area contributed by atoms with Gasteiger partial charge in [0.25, 0.3) is 0 Å². The summed E-state index contributed by atoms with van der Waals surface area (Å²) in [7, 11) is 1.70. The molecule has 30 heavy (non-hydrogen) atoms. The Bertz CT molecular complexity index is 825. The molecule has 1 spiro atoms. The average Bonchev–Trinajstić information content (AvgIpc) is 3.38. The van der Waals surface area contributed by atoms with Gasteiger partial charge in [-0.1, -0.05) is 42.5 Å². The number of benzene rings is 2. The van der Waals surface area contributed by atoms with Gasteiger partial charge in [-0.3, -0.25) is 9.59 Å². The molecule has 2 amide bonds. The van der Waals surface area contributed by atoms with E-state index in [9.17, 15) is 9.59 Å². The van der Waals surface area contributed by atoms with Crippen molar-refractivity contribution in [3.8, 4) is 0 Å². The van der Waals surface area contributed by atoms with Crippen LogP contribution in [0.15, 0.2) is 54.6 Å². The molecule has 0 aromatic heterocycles. The molecule has 0 aliphatic carbocycles. The van der Waals surface area contributed by atoms with Crippen molar-refractivity contribution in [3.05, 3.63) is 65.7 Å². The first-order chi connectivity index (χ1) is 14.5. The molecule has 2 aliphatic heterocycles. The third-order valence-electron chi connectivity index (χ3n) is 5.90. The van der Waals surface area contributed by atoms with Crippen molar-refractivity contribution in [2.24, 2.45) is 5.41 Å². The molecule has 2 heterocycles. The van der Waals surface area contributed by atoms with E-state index in [2.05, 4.69) is 0 Å². The number of nitrogens with zero attached hydrogens (tertiary/aromatic N) is 2. The molecule has 2 fully saturated rings. The van der Waals surface area contributed by atoms with E-state index in [1.165, 1.54) is 5.56 Å². The Morgan fingerprint density at radius 1 is 1.03 bits per heavy atom. The van der Waals surface area contributed by atoms with Crippen molar-refractivity contribution in [3.63, 3.8) is 0 Å². The van der Waals surface area contributed by atoms with Crippen molar-refractivity contribution in [1.29, 1.82) is 0 Å². The Balaban J connectivity index is 0.000000239. The van der Waals surface area contributed by atoms with Gasteiger partial charge in [-0.15, -0.1) is 0 Å². The number of anilines is 1. The quantitative estimate of drug-likeness (QED) is 0.609. The maximum Gasteiger partial charge on any atom is 0.227 e. The van der Waals surface area contributed by atoms with Crippen molar-refractivity contribution in [2.75, 3.05) is 39.0 Å². The van der Waals surface area contributed by atoms with E-state index < -0.39 is 0 Å². The van der Waals surface area contributed by atoms with Crippen LogP contribution in [0.4, 0.5) is 5.69 Å². The van der Waals surface area contributed by atoms with E-state index >= 15 is 0 Å². The molecular formula is C24H31N3O3. The zero-order chi connectivity index (χ0) is 21.4. The second-order valence-corrected chi connectivity index (χ2v) is 8.23. The van der Waals surface area contributed by atoms with E-state index in [1.807, 2.05) is 64.4 Å². The molecule has 2 saturated heterocycles. The lowest BCUT2D eigenvalue weighted by atomic mass is 9.86.